The zero-order chi connectivity index (χ0) is 39.5. The van der Waals surface area contributed by atoms with Gasteiger partial charge in [-0.2, -0.15) is 0 Å². The van der Waals surface area contributed by atoms with Crippen LogP contribution in [0.3, 0.4) is 0 Å². The number of halogens is 2. The summed E-state index contributed by atoms with van der Waals surface area (Å²) in [5.74, 6) is -3.86. The van der Waals surface area contributed by atoms with Crippen LogP contribution < -0.4 is 5.56 Å². The van der Waals surface area contributed by atoms with E-state index in [1.165, 1.54) is 23.1 Å². The number of carbonyl (C=O) groups excluding carboxylic acids is 1. The van der Waals surface area contributed by atoms with Crippen molar-refractivity contribution in [1.82, 2.24) is 24.3 Å². The SMILES string of the molecule is CC1=C2N(C=C(F)C1(c1ccncc1)c1ccncc1)C(=O)C=CC2(C(=O)O)C1CC1.Cc1c(-c2ccncc2)c(F)cn2c(=O)c(C(=O)O)cc(C3CC3)c12. The fraction of sp³-hybridized carbons (Fsp3) is 0.233. The minimum atomic E-state index is -1.39. The van der Waals surface area contributed by atoms with Crippen molar-refractivity contribution >= 4 is 23.4 Å². The van der Waals surface area contributed by atoms with E-state index in [9.17, 15) is 33.8 Å². The molecular weight excluding hydrogens is 720 g/mol. The third-order valence-electron chi connectivity index (χ3n) is 11.4. The second-order valence-electron chi connectivity index (χ2n) is 14.5. The van der Waals surface area contributed by atoms with Crippen molar-refractivity contribution < 1.29 is 33.4 Å². The molecule has 9 rings (SSSR count). The van der Waals surface area contributed by atoms with Crippen LogP contribution in [0.15, 0.2) is 126 Å². The number of carboxylic acid groups (broad SMARTS) is 2. The Balaban J connectivity index is 0.000000161. The second-order valence-corrected chi connectivity index (χ2v) is 14.5. The van der Waals surface area contributed by atoms with Crippen LogP contribution in [0, 0.1) is 24.1 Å². The fourth-order valence-corrected chi connectivity index (χ4v) is 8.54. The fourth-order valence-electron chi connectivity index (χ4n) is 8.54. The number of aryl methyl sites for hydroxylation is 1. The van der Waals surface area contributed by atoms with E-state index in [4.69, 9.17) is 0 Å². The van der Waals surface area contributed by atoms with Crippen LogP contribution in [0.1, 0.15) is 71.1 Å². The first-order valence-corrected chi connectivity index (χ1v) is 18.1. The second kappa shape index (κ2) is 13.6. The highest BCUT2D eigenvalue weighted by Crippen LogP contribution is 2.60. The summed E-state index contributed by atoms with van der Waals surface area (Å²) >= 11 is 0. The van der Waals surface area contributed by atoms with Crippen LogP contribution in [0.25, 0.3) is 16.6 Å². The molecule has 2 aliphatic carbocycles. The molecule has 7 heterocycles. The van der Waals surface area contributed by atoms with Gasteiger partial charge in [-0.1, -0.05) is 6.08 Å². The van der Waals surface area contributed by atoms with Gasteiger partial charge in [-0.05, 0) is 127 Å². The van der Waals surface area contributed by atoms with Gasteiger partial charge in [0.2, 0.25) is 0 Å². The summed E-state index contributed by atoms with van der Waals surface area (Å²) in [6, 6.07) is 11.7. The number of hydrogen-bond donors (Lipinski definition) is 2. The summed E-state index contributed by atoms with van der Waals surface area (Å²) in [6.07, 6.45) is 17.8. The van der Waals surface area contributed by atoms with Gasteiger partial charge in [0.15, 0.2) is 0 Å². The molecular formula is C43H35F2N5O6. The van der Waals surface area contributed by atoms with E-state index in [0.29, 0.717) is 44.6 Å². The topological polar surface area (TPSA) is 155 Å². The zero-order valence-corrected chi connectivity index (χ0v) is 30.3. The van der Waals surface area contributed by atoms with E-state index in [2.05, 4.69) is 15.0 Å². The molecule has 4 aliphatic rings. The number of pyridine rings is 5. The van der Waals surface area contributed by atoms with E-state index in [1.807, 2.05) is 0 Å². The molecule has 0 spiro atoms. The van der Waals surface area contributed by atoms with Crippen LogP contribution in [-0.4, -0.2) is 52.3 Å². The Morgan fingerprint density at radius 2 is 1.41 bits per heavy atom. The standard InChI is InChI=1S/C24H20FN3O3.C19H15FN2O3/c1-15-21-23(22(30)31,16-2-3-16)9-4-20(29)28(21)14-19(25)24(15,17-5-10-26-11-6-17)18-7-12-27-13-8-18;1-10-16(12-4-6-21-7-5-12)15(20)9-22-17(10)13(11-2-3-11)8-14(18(22)23)19(24)25/h4-14,16H,2-3H2,1H3,(H,30,31);4-9,11H,2-3H2,1H3,(H,24,25). The van der Waals surface area contributed by atoms with E-state index in [0.717, 1.165) is 48.0 Å². The Labute approximate surface area is 319 Å². The van der Waals surface area contributed by atoms with Gasteiger partial charge in [0.1, 0.15) is 22.6 Å². The van der Waals surface area contributed by atoms with Gasteiger partial charge in [-0.3, -0.25) is 38.6 Å². The molecule has 2 aliphatic heterocycles. The first-order chi connectivity index (χ1) is 26.9. The molecule has 2 fully saturated rings. The minimum absolute atomic E-state index is 0.149. The molecule has 1 atom stereocenters. The van der Waals surface area contributed by atoms with Gasteiger partial charge >= 0.3 is 11.9 Å². The summed E-state index contributed by atoms with van der Waals surface area (Å²) in [6.45, 7) is 3.49. The number of aliphatic carboxylic acids is 1. The van der Waals surface area contributed by atoms with Gasteiger partial charge in [-0.25, -0.2) is 13.6 Å². The average Bonchev–Trinajstić information content (AvgIpc) is 4.13. The molecule has 1 amide bonds. The Morgan fingerprint density at radius 1 is 0.839 bits per heavy atom. The Morgan fingerprint density at radius 3 is 1.93 bits per heavy atom. The van der Waals surface area contributed by atoms with E-state index >= 15 is 4.39 Å². The van der Waals surface area contributed by atoms with Crippen LogP contribution in [0.5, 0.6) is 0 Å². The largest absolute Gasteiger partial charge is 0.480 e. The van der Waals surface area contributed by atoms with Gasteiger partial charge in [0, 0.05) is 66.9 Å². The number of carbonyl (C=O) groups is 3. The summed E-state index contributed by atoms with van der Waals surface area (Å²) in [5, 5.41) is 19.7. The quantitative estimate of drug-likeness (QED) is 0.177. The van der Waals surface area contributed by atoms with Crippen molar-refractivity contribution in [3.05, 3.63) is 165 Å². The van der Waals surface area contributed by atoms with Crippen molar-refractivity contribution in [2.45, 2.75) is 50.9 Å². The highest BCUT2D eigenvalue weighted by Gasteiger charge is 2.60. The molecule has 0 aromatic carbocycles. The first kappa shape index (κ1) is 36.4. The number of aromatic nitrogens is 4. The lowest BCUT2D eigenvalue weighted by atomic mass is 9.62. The molecule has 5 aromatic heterocycles. The van der Waals surface area contributed by atoms with E-state index in [-0.39, 0.29) is 17.4 Å². The monoisotopic (exact) mass is 755 g/mol. The lowest BCUT2D eigenvalue weighted by molar-refractivity contribution is -0.146. The maximum Gasteiger partial charge on any atom is 0.341 e. The predicted molar refractivity (Wildman–Crippen MR) is 200 cm³/mol. The lowest BCUT2D eigenvalue weighted by Gasteiger charge is -2.47. The number of fused-ring (bicyclic) bond motifs is 2. The summed E-state index contributed by atoms with van der Waals surface area (Å²) in [4.78, 5) is 62.6. The Hall–Kier alpha value is -6.63. The Kier molecular flexibility index (Phi) is 8.82. The average molecular weight is 756 g/mol. The molecule has 11 nitrogen and oxygen atoms in total. The van der Waals surface area contributed by atoms with Crippen molar-refractivity contribution in [3.63, 3.8) is 0 Å². The van der Waals surface area contributed by atoms with Crippen LogP contribution in [0.4, 0.5) is 8.78 Å². The minimum Gasteiger partial charge on any atom is -0.480 e. The summed E-state index contributed by atoms with van der Waals surface area (Å²) in [5.41, 5.74) is 1.29. The van der Waals surface area contributed by atoms with Crippen molar-refractivity contribution in [1.29, 1.82) is 0 Å². The molecule has 0 bridgehead atoms. The molecule has 2 saturated carbocycles. The number of amides is 1. The molecule has 5 aromatic rings. The molecule has 13 heteroatoms. The van der Waals surface area contributed by atoms with Crippen molar-refractivity contribution in [3.8, 4) is 11.1 Å². The normalized spacial score (nSPS) is 19.9. The molecule has 2 N–H and O–H groups in total. The highest BCUT2D eigenvalue weighted by molar-refractivity contribution is 5.97. The molecule has 282 valence electrons. The van der Waals surface area contributed by atoms with Crippen LogP contribution in [-0.2, 0) is 15.0 Å². The molecule has 0 radical (unpaired) electrons. The summed E-state index contributed by atoms with van der Waals surface area (Å²) in [7, 11) is 0. The lowest BCUT2D eigenvalue weighted by Crippen LogP contribution is -2.50. The number of carboxylic acids is 2. The molecule has 0 saturated heterocycles. The molecule has 56 heavy (non-hydrogen) atoms. The van der Waals surface area contributed by atoms with Crippen LogP contribution >= 0.6 is 0 Å². The van der Waals surface area contributed by atoms with Crippen LogP contribution in [0.2, 0.25) is 0 Å². The van der Waals surface area contributed by atoms with Gasteiger partial charge in [0.05, 0.1) is 10.9 Å². The summed E-state index contributed by atoms with van der Waals surface area (Å²) < 4.78 is 32.1. The number of rotatable bonds is 7. The zero-order valence-electron chi connectivity index (χ0n) is 30.3. The van der Waals surface area contributed by atoms with Gasteiger partial charge in [-0.15, -0.1) is 0 Å². The van der Waals surface area contributed by atoms with E-state index in [1.54, 1.807) is 87.4 Å². The van der Waals surface area contributed by atoms with Gasteiger partial charge < -0.3 is 10.2 Å². The number of allylic oxidation sites excluding steroid dienone is 2. The number of hydrogen-bond acceptors (Lipinski definition) is 7. The third-order valence-corrected chi connectivity index (χ3v) is 11.4. The van der Waals surface area contributed by atoms with Crippen molar-refractivity contribution in [2.75, 3.05) is 0 Å². The maximum atomic E-state index is 16.2. The Bertz CT molecular complexity index is 2560. The number of aromatic carboxylic acids is 1. The highest BCUT2D eigenvalue weighted by atomic mass is 19.1. The third kappa shape index (κ3) is 5.56. The first-order valence-electron chi connectivity index (χ1n) is 18.1. The number of nitrogens with zero attached hydrogens (tertiary/aromatic N) is 5. The smallest absolute Gasteiger partial charge is 0.341 e. The maximum absolute atomic E-state index is 16.2. The predicted octanol–water partition coefficient (Wildman–Crippen LogP) is 7.13. The van der Waals surface area contributed by atoms with Crippen molar-refractivity contribution in [2.24, 2.45) is 11.3 Å². The molecule has 1 unspecified atom stereocenters. The van der Waals surface area contributed by atoms with Gasteiger partial charge in [0.25, 0.3) is 11.5 Å². The van der Waals surface area contributed by atoms with E-state index < -0.39 is 45.9 Å².